The molecule has 0 aromatic carbocycles. The van der Waals surface area contributed by atoms with E-state index in [1.54, 1.807) is 17.8 Å². The Bertz CT molecular complexity index is 536. The third kappa shape index (κ3) is 2.51. The molecule has 0 fully saturated rings. The minimum Gasteiger partial charge on any atom is -0.421 e. The van der Waals surface area contributed by atoms with Crippen molar-refractivity contribution in [3.05, 3.63) is 23.5 Å². The molecule has 7 nitrogen and oxygen atoms in total. The van der Waals surface area contributed by atoms with Crippen molar-refractivity contribution in [2.24, 2.45) is 12.9 Å². The fraction of sp³-hybridized carbons (Fsp3) is 0.300. The third-order valence-corrected chi connectivity index (χ3v) is 2.13. The Labute approximate surface area is 98.6 Å². The summed E-state index contributed by atoms with van der Waals surface area (Å²) in [4.78, 5) is 8.16. The lowest BCUT2D eigenvalue weighted by atomic mass is 10.4. The van der Waals surface area contributed by atoms with Crippen LogP contribution in [0.5, 0.6) is 11.8 Å². The molecule has 0 aliphatic rings. The summed E-state index contributed by atoms with van der Waals surface area (Å²) in [6.07, 6.45) is 0. The number of rotatable bonds is 3. The minimum absolute atomic E-state index is 0.318. The normalized spacial score (nSPS) is 10.4. The zero-order chi connectivity index (χ0) is 12.4. The number of aromatic nitrogens is 4. The molecule has 0 atom stereocenters. The van der Waals surface area contributed by atoms with Gasteiger partial charge in [-0.05, 0) is 13.8 Å². The number of hydrogen-bond acceptors (Lipinski definition) is 6. The Kier molecular flexibility index (Phi) is 2.92. The van der Waals surface area contributed by atoms with E-state index in [0.29, 0.717) is 17.7 Å². The van der Waals surface area contributed by atoms with Gasteiger partial charge in [-0.1, -0.05) is 0 Å². The summed E-state index contributed by atoms with van der Waals surface area (Å²) < 4.78 is 7.25. The van der Waals surface area contributed by atoms with Crippen molar-refractivity contribution in [3.63, 3.8) is 0 Å². The summed E-state index contributed by atoms with van der Waals surface area (Å²) in [5.74, 6) is 6.62. The lowest BCUT2D eigenvalue weighted by Crippen LogP contribution is -2.11. The summed E-state index contributed by atoms with van der Waals surface area (Å²) >= 11 is 0. The maximum absolute atomic E-state index is 5.61. The molecule has 0 saturated carbocycles. The largest absolute Gasteiger partial charge is 0.421 e. The summed E-state index contributed by atoms with van der Waals surface area (Å²) in [5.41, 5.74) is 4.03. The van der Waals surface area contributed by atoms with Crippen molar-refractivity contribution in [2.75, 3.05) is 5.43 Å². The van der Waals surface area contributed by atoms with E-state index in [-0.39, 0.29) is 0 Å². The van der Waals surface area contributed by atoms with Gasteiger partial charge in [0.1, 0.15) is 0 Å². The Hall–Kier alpha value is -2.15. The number of nitrogens with one attached hydrogen (secondary N) is 1. The van der Waals surface area contributed by atoms with Gasteiger partial charge in [-0.3, -0.25) is 5.43 Å². The summed E-state index contributed by atoms with van der Waals surface area (Å²) in [5, 5.41) is 4.18. The average Bonchev–Trinajstić information content (AvgIpc) is 2.56. The molecule has 0 aliphatic carbocycles. The number of anilines is 1. The molecule has 2 aromatic heterocycles. The molecule has 0 aliphatic heterocycles. The molecule has 0 unspecified atom stereocenters. The van der Waals surface area contributed by atoms with Gasteiger partial charge in [0.25, 0.3) is 0 Å². The van der Waals surface area contributed by atoms with E-state index in [0.717, 1.165) is 11.4 Å². The SMILES string of the molecule is Cc1cc(Oc2cc(C)nn2C)nc(NN)n1. The maximum Gasteiger partial charge on any atom is 0.240 e. The molecule has 7 heteroatoms. The number of nitrogen functional groups attached to an aromatic ring is 1. The molecule has 3 N–H and O–H groups in total. The first kappa shape index (κ1) is 11.3. The highest BCUT2D eigenvalue weighted by atomic mass is 16.5. The maximum atomic E-state index is 5.61. The molecule has 2 aromatic rings. The highest BCUT2D eigenvalue weighted by Gasteiger charge is 2.07. The second-order valence-corrected chi connectivity index (χ2v) is 3.67. The Morgan fingerprint density at radius 3 is 2.59 bits per heavy atom. The molecule has 0 spiro atoms. The van der Waals surface area contributed by atoms with Gasteiger partial charge >= 0.3 is 0 Å². The second kappa shape index (κ2) is 4.38. The van der Waals surface area contributed by atoms with Crippen LogP contribution in [0.25, 0.3) is 0 Å². The fourth-order valence-corrected chi connectivity index (χ4v) is 1.45. The predicted molar refractivity (Wildman–Crippen MR) is 62.6 cm³/mol. The summed E-state index contributed by atoms with van der Waals surface area (Å²) in [6, 6.07) is 3.55. The molecular weight excluding hydrogens is 220 g/mol. The van der Waals surface area contributed by atoms with Crippen molar-refractivity contribution in [2.45, 2.75) is 13.8 Å². The quantitative estimate of drug-likeness (QED) is 0.605. The van der Waals surface area contributed by atoms with Gasteiger partial charge in [-0.2, -0.15) is 10.1 Å². The van der Waals surface area contributed by atoms with E-state index in [1.165, 1.54) is 0 Å². The standard InChI is InChI=1S/C10H14N6O/c1-6-4-8(13-10(12-6)14-11)17-9-5-7(2)15-16(9)3/h4-5H,11H2,1-3H3,(H,12,13,14). The van der Waals surface area contributed by atoms with E-state index in [4.69, 9.17) is 10.6 Å². The van der Waals surface area contributed by atoms with Gasteiger partial charge in [0.05, 0.1) is 5.69 Å². The third-order valence-electron chi connectivity index (χ3n) is 2.13. The minimum atomic E-state index is 0.318. The Balaban J connectivity index is 2.29. The predicted octanol–water partition coefficient (Wildman–Crippen LogP) is 0.905. The first-order chi connectivity index (χ1) is 8.08. The van der Waals surface area contributed by atoms with E-state index in [2.05, 4.69) is 20.5 Å². The molecule has 0 radical (unpaired) electrons. The van der Waals surface area contributed by atoms with Gasteiger partial charge < -0.3 is 4.74 Å². The van der Waals surface area contributed by atoms with Crippen LogP contribution in [0.1, 0.15) is 11.4 Å². The van der Waals surface area contributed by atoms with Crippen LogP contribution in [0.4, 0.5) is 5.95 Å². The average molecular weight is 234 g/mol. The van der Waals surface area contributed by atoms with Gasteiger partial charge in [0.15, 0.2) is 0 Å². The van der Waals surface area contributed by atoms with Crippen molar-refractivity contribution in [3.8, 4) is 11.8 Å². The van der Waals surface area contributed by atoms with Crippen molar-refractivity contribution < 1.29 is 4.74 Å². The van der Waals surface area contributed by atoms with E-state index < -0.39 is 0 Å². The fourth-order valence-electron chi connectivity index (χ4n) is 1.45. The number of aryl methyl sites for hydroxylation is 3. The Morgan fingerprint density at radius 1 is 1.24 bits per heavy atom. The number of hydrazine groups is 1. The number of nitrogens with zero attached hydrogens (tertiary/aromatic N) is 4. The van der Waals surface area contributed by atoms with Crippen LogP contribution >= 0.6 is 0 Å². The lowest BCUT2D eigenvalue weighted by Gasteiger charge is -2.06. The van der Waals surface area contributed by atoms with Crippen LogP contribution in [0.15, 0.2) is 12.1 Å². The van der Waals surface area contributed by atoms with Crippen LogP contribution in [0.3, 0.4) is 0 Å². The van der Waals surface area contributed by atoms with Crippen LogP contribution in [-0.2, 0) is 7.05 Å². The van der Waals surface area contributed by atoms with Gasteiger partial charge in [0, 0.05) is 24.9 Å². The van der Waals surface area contributed by atoms with Crippen LogP contribution in [-0.4, -0.2) is 19.7 Å². The van der Waals surface area contributed by atoms with Crippen molar-refractivity contribution >= 4 is 5.95 Å². The first-order valence-electron chi connectivity index (χ1n) is 5.09. The Morgan fingerprint density at radius 2 is 2.00 bits per heavy atom. The summed E-state index contributed by atoms with van der Waals surface area (Å²) in [7, 11) is 1.80. The van der Waals surface area contributed by atoms with Gasteiger partial charge in [-0.15, -0.1) is 0 Å². The highest BCUT2D eigenvalue weighted by molar-refractivity contribution is 5.31. The molecular formula is C10H14N6O. The smallest absolute Gasteiger partial charge is 0.240 e. The number of nitrogens with two attached hydrogens (primary N) is 1. The van der Waals surface area contributed by atoms with Gasteiger partial charge in [0.2, 0.25) is 17.7 Å². The number of ether oxygens (including phenoxy) is 1. The molecule has 0 bridgehead atoms. The molecule has 0 amide bonds. The number of hydrogen-bond donors (Lipinski definition) is 2. The summed E-state index contributed by atoms with van der Waals surface area (Å²) in [6.45, 7) is 3.73. The molecule has 2 heterocycles. The zero-order valence-electron chi connectivity index (χ0n) is 9.93. The van der Waals surface area contributed by atoms with Crippen LogP contribution in [0.2, 0.25) is 0 Å². The van der Waals surface area contributed by atoms with Crippen LogP contribution < -0.4 is 16.0 Å². The van der Waals surface area contributed by atoms with E-state index >= 15 is 0 Å². The second-order valence-electron chi connectivity index (χ2n) is 3.67. The lowest BCUT2D eigenvalue weighted by molar-refractivity contribution is 0.414. The topological polar surface area (TPSA) is 90.9 Å². The molecule has 90 valence electrons. The van der Waals surface area contributed by atoms with Crippen molar-refractivity contribution in [1.82, 2.24) is 19.7 Å². The monoisotopic (exact) mass is 234 g/mol. The molecule has 17 heavy (non-hydrogen) atoms. The highest BCUT2D eigenvalue weighted by Crippen LogP contribution is 2.20. The molecule has 2 rings (SSSR count). The zero-order valence-corrected chi connectivity index (χ0v) is 9.93. The van der Waals surface area contributed by atoms with E-state index in [9.17, 15) is 0 Å². The van der Waals surface area contributed by atoms with E-state index in [1.807, 2.05) is 19.9 Å². The van der Waals surface area contributed by atoms with Crippen molar-refractivity contribution in [1.29, 1.82) is 0 Å². The molecule has 0 saturated heterocycles. The van der Waals surface area contributed by atoms with Gasteiger partial charge in [-0.25, -0.2) is 15.5 Å². The first-order valence-corrected chi connectivity index (χ1v) is 5.09. The van der Waals surface area contributed by atoms with Crippen LogP contribution in [0, 0.1) is 13.8 Å².